The fraction of sp³-hybridized carbons (Fsp3) is 0.562. The second-order valence-electron chi connectivity index (χ2n) is 6.53. The van der Waals surface area contributed by atoms with Crippen LogP contribution in [0.4, 0.5) is 4.39 Å². The Bertz CT molecular complexity index is 449. The van der Waals surface area contributed by atoms with Gasteiger partial charge in [0.05, 0.1) is 0 Å². The van der Waals surface area contributed by atoms with Gasteiger partial charge >= 0.3 is 0 Å². The zero-order valence-corrected chi connectivity index (χ0v) is 12.9. The molecule has 1 unspecified atom stereocenters. The van der Waals surface area contributed by atoms with Crippen LogP contribution in [-0.4, -0.2) is 5.78 Å². The van der Waals surface area contributed by atoms with E-state index in [1.54, 1.807) is 12.1 Å². The lowest BCUT2D eigenvalue weighted by Gasteiger charge is -2.22. The lowest BCUT2D eigenvalue weighted by Crippen LogP contribution is -2.15. The van der Waals surface area contributed by atoms with Crippen molar-refractivity contribution in [2.75, 3.05) is 0 Å². The Morgan fingerprint density at radius 1 is 1.37 bits per heavy atom. The molecule has 1 aromatic carbocycles. The van der Waals surface area contributed by atoms with Crippen LogP contribution in [0.5, 0.6) is 0 Å². The van der Waals surface area contributed by atoms with Crippen LogP contribution in [-0.2, 0) is 11.2 Å². The summed E-state index contributed by atoms with van der Waals surface area (Å²) in [5.41, 5.74) is 0.642. The standard InChI is InChI=1S/C16H22ClFO/c1-11(10-16(2,3)4)7-14(19)8-12-5-6-13(17)9-15(12)18/h5-6,9,11H,7-8,10H2,1-4H3. The maximum absolute atomic E-state index is 13.6. The van der Waals surface area contributed by atoms with Crippen LogP contribution in [0.25, 0.3) is 0 Å². The van der Waals surface area contributed by atoms with Gasteiger partial charge in [-0.1, -0.05) is 45.4 Å². The van der Waals surface area contributed by atoms with Crippen molar-refractivity contribution >= 4 is 17.4 Å². The summed E-state index contributed by atoms with van der Waals surface area (Å²) in [5.74, 6) is 0.00478. The van der Waals surface area contributed by atoms with E-state index in [-0.39, 0.29) is 17.6 Å². The molecule has 19 heavy (non-hydrogen) atoms. The summed E-state index contributed by atoms with van der Waals surface area (Å²) in [6.07, 6.45) is 1.64. The number of halogens is 2. The highest BCUT2D eigenvalue weighted by Crippen LogP contribution is 2.26. The lowest BCUT2D eigenvalue weighted by atomic mass is 9.83. The van der Waals surface area contributed by atoms with Gasteiger partial charge in [-0.2, -0.15) is 0 Å². The molecule has 106 valence electrons. The quantitative estimate of drug-likeness (QED) is 0.739. The van der Waals surface area contributed by atoms with E-state index in [1.807, 2.05) is 0 Å². The lowest BCUT2D eigenvalue weighted by molar-refractivity contribution is -0.119. The Morgan fingerprint density at radius 3 is 2.53 bits per heavy atom. The van der Waals surface area contributed by atoms with Crippen molar-refractivity contribution in [2.45, 2.75) is 47.0 Å². The van der Waals surface area contributed by atoms with Crippen molar-refractivity contribution in [2.24, 2.45) is 11.3 Å². The first-order valence-electron chi connectivity index (χ1n) is 6.63. The number of hydrogen-bond acceptors (Lipinski definition) is 1. The smallest absolute Gasteiger partial charge is 0.137 e. The molecule has 1 rings (SSSR count). The Balaban J connectivity index is 2.56. The second kappa shape index (κ2) is 6.51. The van der Waals surface area contributed by atoms with Gasteiger partial charge in [-0.15, -0.1) is 0 Å². The van der Waals surface area contributed by atoms with Gasteiger partial charge < -0.3 is 0 Å². The van der Waals surface area contributed by atoms with E-state index < -0.39 is 5.82 Å². The van der Waals surface area contributed by atoms with Crippen molar-refractivity contribution in [3.05, 3.63) is 34.6 Å². The van der Waals surface area contributed by atoms with E-state index in [2.05, 4.69) is 27.7 Å². The third kappa shape index (κ3) is 6.20. The molecule has 0 heterocycles. The largest absolute Gasteiger partial charge is 0.299 e. The summed E-state index contributed by atoms with van der Waals surface area (Å²) in [7, 11) is 0. The first-order valence-corrected chi connectivity index (χ1v) is 7.01. The van der Waals surface area contributed by atoms with E-state index >= 15 is 0 Å². The fourth-order valence-electron chi connectivity index (χ4n) is 2.46. The summed E-state index contributed by atoms with van der Waals surface area (Å²) < 4.78 is 13.6. The van der Waals surface area contributed by atoms with Crippen LogP contribution in [0.15, 0.2) is 18.2 Å². The molecule has 0 aliphatic rings. The molecule has 1 nitrogen and oxygen atoms in total. The summed E-state index contributed by atoms with van der Waals surface area (Å²) in [5, 5.41) is 0.356. The molecule has 0 aliphatic carbocycles. The van der Waals surface area contributed by atoms with Crippen molar-refractivity contribution in [3.8, 4) is 0 Å². The van der Waals surface area contributed by atoms with Gasteiger partial charge in [-0.3, -0.25) is 4.79 Å². The van der Waals surface area contributed by atoms with Gasteiger partial charge in [-0.25, -0.2) is 4.39 Å². The summed E-state index contributed by atoms with van der Waals surface area (Å²) in [6.45, 7) is 8.55. The van der Waals surface area contributed by atoms with E-state index in [4.69, 9.17) is 11.6 Å². The van der Waals surface area contributed by atoms with Crippen molar-refractivity contribution < 1.29 is 9.18 Å². The maximum atomic E-state index is 13.6. The van der Waals surface area contributed by atoms with Gasteiger partial charge in [0.1, 0.15) is 11.6 Å². The van der Waals surface area contributed by atoms with Crippen molar-refractivity contribution in [1.82, 2.24) is 0 Å². The average molecular weight is 285 g/mol. The van der Waals surface area contributed by atoms with Crippen LogP contribution in [0.3, 0.4) is 0 Å². The van der Waals surface area contributed by atoms with Crippen LogP contribution >= 0.6 is 11.6 Å². The predicted molar refractivity (Wildman–Crippen MR) is 78.0 cm³/mol. The Morgan fingerprint density at radius 2 is 2.00 bits per heavy atom. The molecule has 1 aromatic rings. The van der Waals surface area contributed by atoms with Crippen molar-refractivity contribution in [1.29, 1.82) is 0 Å². The van der Waals surface area contributed by atoms with Crippen LogP contribution in [0, 0.1) is 17.2 Å². The first kappa shape index (κ1) is 16.2. The molecule has 3 heteroatoms. The van der Waals surface area contributed by atoms with Crippen LogP contribution in [0.2, 0.25) is 5.02 Å². The number of benzene rings is 1. The molecule has 0 saturated carbocycles. The van der Waals surface area contributed by atoms with Gasteiger partial charge in [0.2, 0.25) is 0 Å². The minimum atomic E-state index is -0.399. The summed E-state index contributed by atoms with van der Waals surface area (Å²) in [6, 6.07) is 4.46. The highest BCUT2D eigenvalue weighted by atomic mass is 35.5. The van der Waals surface area contributed by atoms with Crippen molar-refractivity contribution in [3.63, 3.8) is 0 Å². The van der Waals surface area contributed by atoms with Gasteiger partial charge in [-0.05, 0) is 35.4 Å². The molecule has 0 saturated heterocycles. The average Bonchev–Trinajstić information content (AvgIpc) is 2.19. The molecular formula is C16H22ClFO. The summed E-state index contributed by atoms with van der Waals surface area (Å²) >= 11 is 5.69. The number of carbonyl (C=O) groups is 1. The molecule has 0 amide bonds. The predicted octanol–water partition coefficient (Wildman–Crippen LogP) is 5.05. The Hall–Kier alpha value is -0.890. The monoisotopic (exact) mass is 284 g/mol. The molecule has 0 aromatic heterocycles. The fourth-order valence-corrected chi connectivity index (χ4v) is 2.61. The molecular weight excluding hydrogens is 263 g/mol. The zero-order chi connectivity index (χ0) is 14.6. The molecule has 0 bridgehead atoms. The number of carbonyl (C=O) groups excluding carboxylic acids is 1. The highest BCUT2D eigenvalue weighted by molar-refractivity contribution is 6.30. The molecule has 0 N–H and O–H groups in total. The molecule has 0 radical (unpaired) electrons. The summed E-state index contributed by atoms with van der Waals surface area (Å²) in [4.78, 5) is 11.9. The van der Waals surface area contributed by atoms with Crippen LogP contribution in [0.1, 0.15) is 46.1 Å². The van der Waals surface area contributed by atoms with E-state index in [1.165, 1.54) is 6.07 Å². The third-order valence-electron chi connectivity index (χ3n) is 2.94. The Labute approximate surface area is 120 Å². The molecule has 0 spiro atoms. The van der Waals surface area contributed by atoms with Gasteiger partial charge in [0.25, 0.3) is 0 Å². The number of rotatable bonds is 5. The van der Waals surface area contributed by atoms with E-state index in [0.717, 1.165) is 6.42 Å². The minimum absolute atomic E-state index is 0.0815. The SMILES string of the molecule is CC(CC(=O)Cc1ccc(Cl)cc1F)CC(C)(C)C. The van der Waals surface area contributed by atoms with E-state index in [9.17, 15) is 9.18 Å². The first-order chi connectivity index (χ1) is 8.67. The number of Topliss-reactive ketones (excluding diaryl/α,β-unsaturated/α-hetero) is 1. The molecule has 0 fully saturated rings. The maximum Gasteiger partial charge on any atom is 0.137 e. The number of hydrogen-bond donors (Lipinski definition) is 0. The topological polar surface area (TPSA) is 17.1 Å². The molecule has 1 atom stereocenters. The number of ketones is 1. The van der Waals surface area contributed by atoms with E-state index in [0.29, 0.717) is 22.9 Å². The highest BCUT2D eigenvalue weighted by Gasteiger charge is 2.18. The Kier molecular flexibility index (Phi) is 5.54. The van der Waals surface area contributed by atoms with Gasteiger partial charge in [0, 0.05) is 17.9 Å². The normalized spacial score (nSPS) is 13.4. The second-order valence-corrected chi connectivity index (χ2v) is 6.96. The minimum Gasteiger partial charge on any atom is -0.299 e. The third-order valence-corrected chi connectivity index (χ3v) is 3.17. The zero-order valence-electron chi connectivity index (χ0n) is 12.1. The van der Waals surface area contributed by atoms with Gasteiger partial charge in [0.15, 0.2) is 0 Å². The van der Waals surface area contributed by atoms with Crippen LogP contribution < -0.4 is 0 Å². The molecule has 0 aliphatic heterocycles.